The average Bonchev–Trinajstić information content (AvgIpc) is 2.90. The lowest BCUT2D eigenvalue weighted by atomic mass is 9.89. The van der Waals surface area contributed by atoms with Crippen LogP contribution in [0.2, 0.25) is 0 Å². The Balaban J connectivity index is 1.83. The summed E-state index contributed by atoms with van der Waals surface area (Å²) in [5.74, 6) is 1.95. The largest absolute Gasteiger partial charge is 0.420 e. The molecule has 1 aromatic carbocycles. The van der Waals surface area contributed by atoms with E-state index in [-0.39, 0.29) is 0 Å². The molecule has 1 fully saturated rings. The summed E-state index contributed by atoms with van der Waals surface area (Å²) in [7, 11) is 0. The van der Waals surface area contributed by atoms with E-state index in [9.17, 15) is 0 Å². The van der Waals surface area contributed by atoms with Crippen LogP contribution in [0.4, 0.5) is 0 Å². The minimum atomic E-state index is 0.480. The zero-order valence-electron chi connectivity index (χ0n) is 9.80. The number of hydrogen-bond acceptors (Lipinski definition) is 3. The smallest absolute Gasteiger partial charge is 0.247 e. The quantitative estimate of drug-likeness (QED) is 0.785. The van der Waals surface area contributed by atoms with Crippen molar-refractivity contribution in [3.05, 3.63) is 36.2 Å². The minimum absolute atomic E-state index is 0.480. The first kappa shape index (κ1) is 10.5. The molecule has 0 radical (unpaired) electrons. The first-order valence-electron chi connectivity index (χ1n) is 6.32. The van der Waals surface area contributed by atoms with Gasteiger partial charge in [-0.05, 0) is 25.0 Å². The van der Waals surface area contributed by atoms with Crippen molar-refractivity contribution in [2.75, 3.05) is 0 Å². The van der Waals surface area contributed by atoms with Crippen molar-refractivity contribution in [2.45, 2.75) is 38.0 Å². The minimum Gasteiger partial charge on any atom is -0.420 e. The van der Waals surface area contributed by atoms with Crippen LogP contribution in [-0.2, 0) is 0 Å². The molecule has 0 aliphatic heterocycles. The summed E-state index contributed by atoms with van der Waals surface area (Å²) in [4.78, 5) is 0. The van der Waals surface area contributed by atoms with E-state index in [1.54, 1.807) is 0 Å². The van der Waals surface area contributed by atoms with E-state index in [4.69, 9.17) is 4.42 Å². The van der Waals surface area contributed by atoms with Crippen molar-refractivity contribution in [2.24, 2.45) is 0 Å². The van der Waals surface area contributed by atoms with Crippen LogP contribution in [0.1, 0.15) is 43.9 Å². The van der Waals surface area contributed by atoms with Crippen LogP contribution in [0.5, 0.6) is 0 Å². The van der Waals surface area contributed by atoms with Crippen molar-refractivity contribution in [3.63, 3.8) is 0 Å². The molecule has 2 aromatic rings. The Bertz CT molecular complexity index is 472. The summed E-state index contributed by atoms with van der Waals surface area (Å²) in [5.41, 5.74) is 1.00. The number of rotatable bonds is 2. The van der Waals surface area contributed by atoms with Crippen LogP contribution >= 0.6 is 0 Å². The molecule has 1 aliphatic rings. The van der Waals surface area contributed by atoms with Crippen molar-refractivity contribution in [3.8, 4) is 11.5 Å². The third kappa shape index (κ3) is 2.23. The van der Waals surface area contributed by atoms with Crippen molar-refractivity contribution >= 4 is 0 Å². The van der Waals surface area contributed by atoms with Crippen LogP contribution in [-0.4, -0.2) is 10.2 Å². The van der Waals surface area contributed by atoms with Crippen molar-refractivity contribution < 1.29 is 4.42 Å². The zero-order chi connectivity index (χ0) is 11.5. The molecule has 17 heavy (non-hydrogen) atoms. The fraction of sp³-hybridized carbons (Fsp3) is 0.429. The molecule has 1 aliphatic carbocycles. The highest BCUT2D eigenvalue weighted by Crippen LogP contribution is 2.32. The molecule has 0 N–H and O–H groups in total. The SMILES string of the molecule is c1ccc(-c2nnc(C3CCCCC3)o2)cc1. The Morgan fingerprint density at radius 2 is 1.71 bits per heavy atom. The van der Waals surface area contributed by atoms with Crippen LogP contribution in [0.3, 0.4) is 0 Å². The first-order chi connectivity index (χ1) is 8.43. The van der Waals surface area contributed by atoms with Crippen LogP contribution in [0.25, 0.3) is 11.5 Å². The van der Waals surface area contributed by atoms with Gasteiger partial charge in [-0.1, -0.05) is 37.5 Å². The predicted octanol–water partition coefficient (Wildman–Crippen LogP) is 3.78. The number of hydrogen-bond donors (Lipinski definition) is 0. The number of nitrogens with zero attached hydrogens (tertiary/aromatic N) is 2. The van der Waals surface area contributed by atoms with E-state index in [0.29, 0.717) is 11.8 Å². The molecule has 3 nitrogen and oxygen atoms in total. The van der Waals surface area contributed by atoms with Gasteiger partial charge >= 0.3 is 0 Å². The zero-order valence-corrected chi connectivity index (χ0v) is 9.80. The third-order valence-electron chi connectivity index (χ3n) is 3.42. The lowest BCUT2D eigenvalue weighted by Gasteiger charge is -2.17. The van der Waals surface area contributed by atoms with Gasteiger partial charge in [0.15, 0.2) is 0 Å². The Kier molecular flexibility index (Phi) is 2.90. The van der Waals surface area contributed by atoms with Crippen LogP contribution in [0, 0.1) is 0 Å². The van der Waals surface area contributed by atoms with E-state index in [1.165, 1.54) is 32.1 Å². The van der Waals surface area contributed by atoms with Crippen molar-refractivity contribution in [1.29, 1.82) is 0 Å². The maximum absolute atomic E-state index is 5.79. The van der Waals surface area contributed by atoms with Gasteiger partial charge in [0.1, 0.15) is 0 Å². The molecule has 1 heterocycles. The van der Waals surface area contributed by atoms with Crippen molar-refractivity contribution in [1.82, 2.24) is 10.2 Å². The second-order valence-electron chi connectivity index (χ2n) is 4.65. The molecule has 1 saturated carbocycles. The van der Waals surface area contributed by atoms with Crippen LogP contribution in [0.15, 0.2) is 34.7 Å². The van der Waals surface area contributed by atoms with Gasteiger partial charge in [-0.2, -0.15) is 0 Å². The number of benzene rings is 1. The van der Waals surface area contributed by atoms with E-state index in [0.717, 1.165) is 11.5 Å². The van der Waals surface area contributed by atoms with E-state index in [2.05, 4.69) is 10.2 Å². The third-order valence-corrected chi connectivity index (χ3v) is 3.42. The van der Waals surface area contributed by atoms with Gasteiger partial charge in [0, 0.05) is 11.5 Å². The maximum Gasteiger partial charge on any atom is 0.247 e. The summed E-state index contributed by atoms with van der Waals surface area (Å²) >= 11 is 0. The van der Waals surface area contributed by atoms with E-state index >= 15 is 0 Å². The normalized spacial score (nSPS) is 17.2. The lowest BCUT2D eigenvalue weighted by molar-refractivity contribution is 0.367. The second kappa shape index (κ2) is 4.70. The first-order valence-corrected chi connectivity index (χ1v) is 6.32. The number of aromatic nitrogens is 2. The Labute approximate surface area is 101 Å². The fourth-order valence-corrected chi connectivity index (χ4v) is 2.45. The molecule has 3 heteroatoms. The Morgan fingerprint density at radius 3 is 2.47 bits per heavy atom. The molecule has 0 spiro atoms. The maximum atomic E-state index is 5.79. The second-order valence-corrected chi connectivity index (χ2v) is 4.65. The van der Waals surface area contributed by atoms with Gasteiger partial charge in [-0.15, -0.1) is 10.2 Å². The Hall–Kier alpha value is -1.64. The molecular formula is C14H16N2O. The van der Waals surface area contributed by atoms with Gasteiger partial charge in [0.05, 0.1) is 0 Å². The monoisotopic (exact) mass is 228 g/mol. The average molecular weight is 228 g/mol. The topological polar surface area (TPSA) is 38.9 Å². The Morgan fingerprint density at radius 1 is 0.941 bits per heavy atom. The predicted molar refractivity (Wildman–Crippen MR) is 65.6 cm³/mol. The van der Waals surface area contributed by atoms with Gasteiger partial charge in [0.25, 0.3) is 0 Å². The summed E-state index contributed by atoms with van der Waals surface area (Å²) in [6.07, 6.45) is 6.30. The lowest BCUT2D eigenvalue weighted by Crippen LogP contribution is -2.04. The van der Waals surface area contributed by atoms with Gasteiger partial charge < -0.3 is 4.42 Å². The molecule has 0 saturated heterocycles. The van der Waals surface area contributed by atoms with E-state index < -0.39 is 0 Å². The highest BCUT2D eigenvalue weighted by atomic mass is 16.4. The summed E-state index contributed by atoms with van der Waals surface area (Å²) < 4.78 is 5.79. The molecule has 3 rings (SSSR count). The van der Waals surface area contributed by atoms with E-state index in [1.807, 2.05) is 30.3 Å². The van der Waals surface area contributed by atoms with Gasteiger partial charge in [-0.3, -0.25) is 0 Å². The summed E-state index contributed by atoms with van der Waals surface area (Å²) in [6, 6.07) is 9.96. The fourth-order valence-electron chi connectivity index (χ4n) is 2.45. The standard InChI is InChI=1S/C14H16N2O/c1-3-7-11(8-4-1)13-15-16-14(17-13)12-9-5-2-6-10-12/h1,3-4,7-8,12H,2,5-6,9-10H2. The van der Waals surface area contributed by atoms with Gasteiger partial charge in [-0.25, -0.2) is 0 Å². The molecular weight excluding hydrogens is 212 g/mol. The molecule has 1 aromatic heterocycles. The van der Waals surface area contributed by atoms with Crippen LogP contribution < -0.4 is 0 Å². The summed E-state index contributed by atoms with van der Waals surface area (Å²) in [5, 5.41) is 8.34. The van der Waals surface area contributed by atoms with Gasteiger partial charge in [0.2, 0.25) is 11.8 Å². The summed E-state index contributed by atoms with van der Waals surface area (Å²) in [6.45, 7) is 0. The highest BCUT2D eigenvalue weighted by Gasteiger charge is 2.21. The molecule has 0 amide bonds. The molecule has 88 valence electrons. The highest BCUT2D eigenvalue weighted by molar-refractivity contribution is 5.51. The molecule has 0 bridgehead atoms. The molecule has 0 atom stereocenters. The molecule has 0 unspecified atom stereocenters.